The molecule has 1 atom stereocenters. The van der Waals surface area contributed by atoms with Gasteiger partial charge in [0.05, 0.1) is 4.88 Å². The first-order valence-corrected chi connectivity index (χ1v) is 6.18. The zero-order chi connectivity index (χ0) is 13.0. The second-order valence-electron chi connectivity index (χ2n) is 3.54. The Bertz CT molecular complexity index is 557. The Morgan fingerprint density at radius 3 is 2.56 bits per heavy atom. The molecule has 1 aromatic heterocycles. The minimum absolute atomic E-state index is 0.567. The van der Waals surface area contributed by atoms with Crippen LogP contribution in [-0.2, 0) is 4.79 Å². The highest BCUT2D eigenvalue weighted by molar-refractivity contribution is 7.10. The first-order chi connectivity index (χ1) is 8.74. The number of carbonyl (C=O) groups is 1. The van der Waals surface area contributed by atoms with Gasteiger partial charge >= 0.3 is 5.91 Å². The fraction of sp³-hybridized carbons (Fsp3) is 0.0714. The van der Waals surface area contributed by atoms with Gasteiger partial charge in [0.25, 0.3) is 0 Å². The van der Waals surface area contributed by atoms with Crippen LogP contribution in [0.1, 0.15) is 11.1 Å². The summed E-state index contributed by atoms with van der Waals surface area (Å²) in [4.78, 5) is 13.7. The fourth-order valence-corrected chi connectivity index (χ4v) is 2.29. The predicted octanol–water partition coefficient (Wildman–Crippen LogP) is 2.41. The Hall–Kier alpha value is -2.09. The highest BCUT2D eigenvalue weighted by atomic mass is 32.1. The summed E-state index contributed by atoms with van der Waals surface area (Å²) in [6, 6.07) is 12.4. The van der Waals surface area contributed by atoms with E-state index >= 15 is 0 Å². The molecule has 1 amide bonds. The summed E-state index contributed by atoms with van der Waals surface area (Å²) in [7, 11) is 0. The number of terminal acetylenes is 1. The van der Waals surface area contributed by atoms with Gasteiger partial charge in [0.2, 0.25) is 0 Å². The van der Waals surface area contributed by atoms with Crippen LogP contribution in [0.3, 0.4) is 0 Å². The Morgan fingerprint density at radius 2 is 2.00 bits per heavy atom. The molecular weight excluding hydrogens is 246 g/mol. The van der Waals surface area contributed by atoms with Gasteiger partial charge in [-0.1, -0.05) is 24.3 Å². The molecule has 18 heavy (non-hydrogen) atoms. The minimum atomic E-state index is -1.06. The Kier molecular flexibility index (Phi) is 3.78. The zero-order valence-corrected chi connectivity index (χ0v) is 10.3. The average molecular weight is 257 g/mol. The van der Waals surface area contributed by atoms with E-state index in [-0.39, 0.29) is 0 Å². The van der Waals surface area contributed by atoms with Crippen molar-refractivity contribution in [3.8, 4) is 12.3 Å². The normalized spacial score (nSPS) is 11.6. The van der Waals surface area contributed by atoms with Crippen LogP contribution in [0.2, 0.25) is 0 Å². The molecule has 1 aromatic carbocycles. The largest absolute Gasteiger partial charge is 0.368 e. The summed E-state index contributed by atoms with van der Waals surface area (Å²) in [5, 5.41) is 12.1. The van der Waals surface area contributed by atoms with Gasteiger partial charge in [-0.2, -0.15) is 0 Å². The monoisotopic (exact) mass is 257 g/mol. The van der Waals surface area contributed by atoms with Crippen molar-refractivity contribution in [3.05, 3.63) is 52.7 Å². The quantitative estimate of drug-likeness (QED) is 0.677. The van der Waals surface area contributed by atoms with E-state index in [1.54, 1.807) is 30.3 Å². The summed E-state index contributed by atoms with van der Waals surface area (Å²) in [5.74, 6) is 1.47. The maximum atomic E-state index is 11.8. The molecule has 1 N–H and O–H groups in total. The lowest BCUT2D eigenvalue weighted by Crippen LogP contribution is -2.33. The van der Waals surface area contributed by atoms with Crippen LogP contribution >= 0.6 is 11.3 Å². The molecule has 0 saturated carbocycles. The van der Waals surface area contributed by atoms with Crippen molar-refractivity contribution in [2.24, 2.45) is 0 Å². The van der Waals surface area contributed by atoms with Crippen molar-refractivity contribution in [1.29, 1.82) is 0 Å². The molecule has 0 aliphatic heterocycles. The van der Waals surface area contributed by atoms with Crippen LogP contribution in [0.25, 0.3) is 0 Å². The first-order valence-electron chi connectivity index (χ1n) is 5.30. The van der Waals surface area contributed by atoms with Crippen molar-refractivity contribution in [2.45, 2.75) is 6.23 Å². The third kappa shape index (κ3) is 2.43. The van der Waals surface area contributed by atoms with Gasteiger partial charge in [-0.25, -0.2) is 0 Å². The second kappa shape index (κ2) is 5.50. The van der Waals surface area contributed by atoms with Gasteiger partial charge in [0, 0.05) is 5.69 Å². The van der Waals surface area contributed by atoms with E-state index in [2.05, 4.69) is 0 Å². The maximum Gasteiger partial charge on any atom is 0.305 e. The molecule has 4 heteroatoms. The lowest BCUT2D eigenvalue weighted by molar-refractivity contribution is -0.115. The van der Waals surface area contributed by atoms with Crippen LogP contribution < -0.4 is 4.90 Å². The molecule has 1 unspecified atom stereocenters. The number of aliphatic hydroxyl groups is 1. The second-order valence-corrected chi connectivity index (χ2v) is 4.52. The number of carbonyl (C=O) groups excluding carboxylic acids is 1. The smallest absolute Gasteiger partial charge is 0.305 e. The third-order valence-corrected chi connectivity index (χ3v) is 3.33. The molecule has 2 aromatic rings. The standard InChI is InChI=1S/C14H11NO2S/c1-2-13(16)15(11-7-4-3-5-8-11)14(17)12-9-6-10-18-12/h1,3-10,14,17H. The molecule has 0 fully saturated rings. The van der Waals surface area contributed by atoms with E-state index in [0.29, 0.717) is 10.6 Å². The summed E-state index contributed by atoms with van der Waals surface area (Å²) >= 11 is 1.37. The highest BCUT2D eigenvalue weighted by Gasteiger charge is 2.24. The molecule has 90 valence electrons. The molecule has 0 aliphatic carbocycles. The first kappa shape index (κ1) is 12.4. The average Bonchev–Trinajstić information content (AvgIpc) is 2.94. The van der Waals surface area contributed by atoms with Crippen molar-refractivity contribution in [3.63, 3.8) is 0 Å². The minimum Gasteiger partial charge on any atom is -0.368 e. The van der Waals surface area contributed by atoms with Crippen molar-refractivity contribution in [1.82, 2.24) is 0 Å². The Labute approximate surface area is 109 Å². The van der Waals surface area contributed by atoms with E-state index < -0.39 is 12.1 Å². The summed E-state index contributed by atoms with van der Waals surface area (Å²) in [5.41, 5.74) is 0.571. The number of aliphatic hydroxyl groups excluding tert-OH is 1. The number of hydrogen-bond acceptors (Lipinski definition) is 3. The molecule has 3 nitrogen and oxygen atoms in total. The van der Waals surface area contributed by atoms with Crippen LogP contribution in [0.5, 0.6) is 0 Å². The lowest BCUT2D eigenvalue weighted by Gasteiger charge is -2.25. The van der Waals surface area contributed by atoms with Crippen LogP contribution in [-0.4, -0.2) is 11.0 Å². The van der Waals surface area contributed by atoms with Crippen molar-refractivity contribution >= 4 is 22.9 Å². The number of anilines is 1. The molecule has 2 rings (SSSR count). The van der Waals surface area contributed by atoms with Crippen LogP contribution in [0.4, 0.5) is 5.69 Å². The predicted molar refractivity (Wildman–Crippen MR) is 72.0 cm³/mol. The van der Waals surface area contributed by atoms with E-state index in [1.165, 1.54) is 16.2 Å². The fourth-order valence-electron chi connectivity index (χ4n) is 1.59. The van der Waals surface area contributed by atoms with E-state index in [0.717, 1.165) is 0 Å². The molecule has 0 bridgehead atoms. The number of rotatable bonds is 3. The number of hydrogen-bond donors (Lipinski definition) is 1. The molecule has 0 aliphatic rings. The Balaban J connectivity index is 2.38. The third-order valence-electron chi connectivity index (χ3n) is 2.42. The van der Waals surface area contributed by atoms with Crippen LogP contribution in [0, 0.1) is 12.3 Å². The van der Waals surface area contributed by atoms with Crippen LogP contribution in [0.15, 0.2) is 47.8 Å². The molecule has 0 radical (unpaired) electrons. The zero-order valence-electron chi connectivity index (χ0n) is 9.48. The van der Waals surface area contributed by atoms with Gasteiger partial charge in [-0.15, -0.1) is 17.8 Å². The van der Waals surface area contributed by atoms with E-state index in [9.17, 15) is 9.90 Å². The lowest BCUT2D eigenvalue weighted by atomic mass is 10.2. The van der Waals surface area contributed by atoms with E-state index in [4.69, 9.17) is 6.42 Å². The van der Waals surface area contributed by atoms with Gasteiger partial charge in [-0.3, -0.25) is 9.69 Å². The van der Waals surface area contributed by atoms with Gasteiger partial charge in [0.15, 0.2) is 6.23 Å². The number of benzene rings is 1. The maximum absolute atomic E-state index is 11.8. The van der Waals surface area contributed by atoms with Crippen molar-refractivity contribution < 1.29 is 9.90 Å². The van der Waals surface area contributed by atoms with Gasteiger partial charge in [-0.05, 0) is 29.5 Å². The molecule has 1 heterocycles. The summed E-state index contributed by atoms with van der Waals surface area (Å²) in [6.45, 7) is 0. The molecule has 0 spiro atoms. The summed E-state index contributed by atoms with van der Waals surface area (Å²) in [6.07, 6.45) is 4.09. The highest BCUT2D eigenvalue weighted by Crippen LogP contribution is 2.27. The number of thiophene rings is 1. The number of para-hydroxylation sites is 1. The SMILES string of the molecule is C#CC(=O)N(c1ccccc1)C(O)c1cccs1. The Morgan fingerprint density at radius 1 is 1.28 bits per heavy atom. The van der Waals surface area contributed by atoms with Gasteiger partial charge in [0.1, 0.15) is 0 Å². The van der Waals surface area contributed by atoms with Crippen molar-refractivity contribution in [2.75, 3.05) is 4.90 Å². The molecule has 0 saturated heterocycles. The molecular formula is C14H11NO2S. The number of nitrogens with zero attached hydrogens (tertiary/aromatic N) is 1. The topological polar surface area (TPSA) is 40.5 Å². The van der Waals surface area contributed by atoms with E-state index in [1.807, 2.05) is 23.4 Å². The van der Waals surface area contributed by atoms with Gasteiger partial charge < -0.3 is 5.11 Å². The summed E-state index contributed by atoms with van der Waals surface area (Å²) < 4.78 is 0. The number of amides is 1.